The van der Waals surface area contributed by atoms with Crippen molar-refractivity contribution in [1.82, 2.24) is 64.9 Å². The minimum atomic E-state index is -1.56. The van der Waals surface area contributed by atoms with Crippen LogP contribution in [0.15, 0.2) is 12.2 Å². The zero-order valence-electron chi connectivity index (χ0n) is 66.1. The molecule has 8 rings (SSSR count). The number of fused-ring (bicyclic) bond motifs is 4. The van der Waals surface area contributed by atoms with Crippen molar-refractivity contribution in [2.24, 2.45) is 40.9 Å². The van der Waals surface area contributed by atoms with Gasteiger partial charge in [0, 0.05) is 93.9 Å². The Hall–Kier alpha value is -6.41. The molecule has 0 aromatic rings. The molecule has 105 heavy (non-hydrogen) atoms. The highest BCUT2D eigenvalue weighted by molar-refractivity contribution is 6.21. The van der Waals surface area contributed by atoms with Crippen LogP contribution < -0.4 is 16.0 Å². The standard InChI is InChI=1S/C78H128ClN13O13/c1-17-25-57-68(96)81-65(49(5)18-2)74(102)86(12)45-64(95)88(14)58-28-21-20-24-36-91(73(58)101)61(40-50-31-29-48(4)30-32-50)72(100)85(11)44-62(93)80-56(34-33-51-38-53-35-37-84(10)66(53)55(79)39-51)70(98)92-43-54(105-19-3)41-59(92)69(97)82-78(46-77(6,7)47-78)76(104)90(16)67(52-26-22-23-27-52)75(103)89(15)60(71(99)83(8)9)42-63(94)87(57)13/h20-21,48-61,65-67H,17-19,22-47H2,1-16H3,(H,80,93)(H,81,96)(H,82,97)/b21-20-/t48?,49-,50?,51?,53?,54+,55?,56-,57-,58-,59-,60-,61-,65-,66?,67-/m0/s1. The Morgan fingerprint density at radius 1 is 0.657 bits per heavy atom. The van der Waals surface area contributed by atoms with Crippen molar-refractivity contribution in [3.05, 3.63) is 12.2 Å². The minimum Gasteiger partial charge on any atom is -0.377 e. The maximum absolute atomic E-state index is 15.9. The lowest BCUT2D eigenvalue weighted by atomic mass is 9.58. The Morgan fingerprint density at radius 3 is 1.95 bits per heavy atom. The molecule has 4 heterocycles. The molecule has 0 aromatic carbocycles. The summed E-state index contributed by atoms with van der Waals surface area (Å²) in [5, 5.41) is 9.05. The highest BCUT2D eigenvalue weighted by Gasteiger charge is 2.59. The summed E-state index contributed by atoms with van der Waals surface area (Å²) in [6.45, 7) is 13.8. The van der Waals surface area contributed by atoms with Crippen LogP contribution in [0.25, 0.3) is 0 Å². The van der Waals surface area contributed by atoms with Crippen LogP contribution in [-0.4, -0.2) is 294 Å². The lowest BCUT2D eigenvalue weighted by Gasteiger charge is -2.54. The average Bonchev–Trinajstić information content (AvgIpc) is 1.26. The predicted octanol–water partition coefficient (Wildman–Crippen LogP) is 5.27. The molecular formula is C78H128ClN13O13. The summed E-state index contributed by atoms with van der Waals surface area (Å²) in [4.78, 5) is 197. The molecule has 2 bridgehead atoms. The molecule has 3 saturated heterocycles. The van der Waals surface area contributed by atoms with Gasteiger partial charge in [0.2, 0.25) is 70.9 Å². The Morgan fingerprint density at radius 2 is 1.32 bits per heavy atom. The molecule has 4 saturated carbocycles. The maximum Gasteiger partial charge on any atom is 0.248 e. The third-order valence-corrected chi connectivity index (χ3v) is 25.5. The van der Waals surface area contributed by atoms with E-state index in [1.54, 1.807) is 18.9 Å². The summed E-state index contributed by atoms with van der Waals surface area (Å²) < 4.78 is 6.22. The summed E-state index contributed by atoms with van der Waals surface area (Å²) in [5.41, 5.74) is -2.03. The Balaban J connectivity index is 1.20. The first kappa shape index (κ1) is 84.2. The molecule has 0 aromatic heterocycles. The highest BCUT2D eigenvalue weighted by Crippen LogP contribution is 2.50. The van der Waals surface area contributed by atoms with E-state index in [4.69, 9.17) is 16.3 Å². The maximum atomic E-state index is 15.9. The number of likely N-dealkylation sites (tertiary alicyclic amines) is 1. The minimum absolute atomic E-state index is 0.0106. The van der Waals surface area contributed by atoms with Crippen LogP contribution in [0.2, 0.25) is 0 Å². The Labute approximate surface area is 630 Å². The van der Waals surface area contributed by atoms with Gasteiger partial charge in [0.1, 0.15) is 53.9 Å². The van der Waals surface area contributed by atoms with E-state index < -0.39 is 162 Å². The summed E-state index contributed by atoms with van der Waals surface area (Å²) >= 11 is 7.19. The summed E-state index contributed by atoms with van der Waals surface area (Å²) in [7, 11) is 14.0. The Kier molecular flexibility index (Phi) is 29.4. The number of amides is 12. The van der Waals surface area contributed by atoms with Gasteiger partial charge in [-0.3, -0.25) is 57.5 Å². The van der Waals surface area contributed by atoms with Gasteiger partial charge >= 0.3 is 0 Å². The summed E-state index contributed by atoms with van der Waals surface area (Å²) in [5.74, 6) is -6.77. The second kappa shape index (κ2) is 36.7. The fourth-order valence-electron chi connectivity index (χ4n) is 18.9. The van der Waals surface area contributed by atoms with Crippen LogP contribution in [0, 0.1) is 40.9 Å². The topological polar surface area (TPSA) is 283 Å². The normalized spacial score (nSPS) is 33.4. The van der Waals surface area contributed by atoms with E-state index in [-0.39, 0.29) is 87.4 Å². The second-order valence-corrected chi connectivity index (χ2v) is 34.3. The van der Waals surface area contributed by atoms with Gasteiger partial charge in [-0.05, 0) is 145 Å². The largest absolute Gasteiger partial charge is 0.377 e. The van der Waals surface area contributed by atoms with Crippen molar-refractivity contribution < 1.29 is 62.3 Å². The van der Waals surface area contributed by atoms with Gasteiger partial charge in [0.05, 0.1) is 25.6 Å². The van der Waals surface area contributed by atoms with Gasteiger partial charge in [0.15, 0.2) is 0 Å². The van der Waals surface area contributed by atoms with Crippen molar-refractivity contribution >= 4 is 82.5 Å². The second-order valence-electron chi connectivity index (χ2n) is 33.8. The van der Waals surface area contributed by atoms with Crippen molar-refractivity contribution in [1.29, 1.82) is 0 Å². The van der Waals surface area contributed by atoms with Gasteiger partial charge in [-0.2, -0.15) is 0 Å². The van der Waals surface area contributed by atoms with Gasteiger partial charge in [-0.1, -0.05) is 105 Å². The molecule has 4 aliphatic carbocycles. The smallest absolute Gasteiger partial charge is 0.248 e. The Bertz CT molecular complexity index is 3150. The van der Waals surface area contributed by atoms with Gasteiger partial charge in [0.25, 0.3) is 0 Å². The number of alkyl halides is 1. The molecule has 590 valence electrons. The summed E-state index contributed by atoms with van der Waals surface area (Å²) in [6, 6.07) is -9.21. The van der Waals surface area contributed by atoms with Crippen molar-refractivity contribution in [3.63, 3.8) is 0 Å². The molecule has 4 aliphatic heterocycles. The SMILES string of the molecule is CCC[C@H]1C(=O)N[C@@H]([C@@H](C)CC)C(=O)N(C)CC(=O)N(C)[C@H]2C/C=C\CCN(C2=O)[C@@H](CC2CCC(C)CC2)C(=O)N(C)CC(=O)N[C@@H](CCC2CC(Cl)C3C(CCN3C)C2)C(=O)N2C[C@H](OCC)C[C@H]2C(=O)NC2(CC(C)(C)C2)C(=O)N(C)[C@@H](C2CCCC2)C(=O)N(C)[C@H](C(=O)N(C)C)CC(=O)N1C. The number of carbonyl (C=O) groups is 12. The number of nitrogens with zero attached hydrogens (tertiary/aromatic N) is 10. The molecule has 7 fully saturated rings. The summed E-state index contributed by atoms with van der Waals surface area (Å²) in [6.07, 6.45) is 14.3. The van der Waals surface area contributed by atoms with Gasteiger partial charge in [-0.25, -0.2) is 0 Å². The molecule has 26 nitrogen and oxygen atoms in total. The third-order valence-electron chi connectivity index (χ3n) is 25.1. The van der Waals surface area contributed by atoms with Crippen LogP contribution in [0.1, 0.15) is 196 Å². The molecule has 12 amide bonds. The number of hydrogen-bond acceptors (Lipinski definition) is 14. The van der Waals surface area contributed by atoms with E-state index in [0.29, 0.717) is 63.2 Å². The van der Waals surface area contributed by atoms with Crippen LogP contribution in [-0.2, 0) is 62.3 Å². The zero-order chi connectivity index (χ0) is 77.3. The molecule has 27 heteroatoms. The molecule has 1 spiro atoms. The zero-order valence-corrected chi connectivity index (χ0v) is 66.9. The van der Waals surface area contributed by atoms with E-state index in [1.165, 1.54) is 88.5 Å². The molecular weight excluding hydrogens is 1360 g/mol. The van der Waals surface area contributed by atoms with Gasteiger partial charge < -0.3 is 69.7 Å². The first-order valence-electron chi connectivity index (χ1n) is 39.5. The lowest BCUT2D eigenvalue weighted by molar-refractivity contribution is -0.161. The van der Waals surface area contributed by atoms with Crippen molar-refractivity contribution in [2.75, 3.05) is 103 Å². The van der Waals surface area contributed by atoms with Crippen LogP contribution in [0.3, 0.4) is 0 Å². The number of ether oxygens (including phenoxy) is 1. The average molecular weight is 1490 g/mol. The number of nitrogens with one attached hydrogen (secondary N) is 3. The fourth-order valence-corrected chi connectivity index (χ4v) is 19.5. The van der Waals surface area contributed by atoms with Crippen LogP contribution in [0.4, 0.5) is 0 Å². The van der Waals surface area contributed by atoms with E-state index in [0.717, 1.165) is 57.9 Å². The molecule has 8 aliphatic rings. The van der Waals surface area contributed by atoms with Crippen LogP contribution in [0.5, 0.6) is 0 Å². The van der Waals surface area contributed by atoms with Gasteiger partial charge in [-0.15, -0.1) is 11.6 Å². The first-order chi connectivity index (χ1) is 49.6. The third kappa shape index (κ3) is 19.9. The van der Waals surface area contributed by atoms with Crippen molar-refractivity contribution in [2.45, 2.75) is 268 Å². The predicted molar refractivity (Wildman–Crippen MR) is 400 cm³/mol. The van der Waals surface area contributed by atoms with E-state index >= 15 is 33.6 Å². The number of likely N-dealkylation sites (N-methyl/N-ethyl adjacent to an activating group) is 7. The van der Waals surface area contributed by atoms with E-state index in [2.05, 4.69) is 34.8 Å². The molecule has 3 N–H and O–H groups in total. The number of carbonyl (C=O) groups excluding carboxylic acids is 12. The first-order valence-corrected chi connectivity index (χ1v) is 39.9. The van der Waals surface area contributed by atoms with E-state index in [9.17, 15) is 24.0 Å². The van der Waals surface area contributed by atoms with Crippen LogP contribution >= 0.6 is 11.6 Å². The number of halogens is 1. The highest BCUT2D eigenvalue weighted by atomic mass is 35.5. The quantitative estimate of drug-likeness (QED) is 0.157. The number of hydrogen-bond donors (Lipinski definition) is 3. The molecule has 0 radical (unpaired) electrons. The lowest BCUT2D eigenvalue weighted by Crippen LogP contribution is -2.71. The monoisotopic (exact) mass is 1490 g/mol. The molecule has 14 atom stereocenters. The molecule has 4 unspecified atom stereocenters. The van der Waals surface area contributed by atoms with E-state index in [1.807, 2.05) is 46.8 Å². The fraction of sp³-hybridized carbons (Fsp3) is 0.821. The van der Waals surface area contributed by atoms with Crippen molar-refractivity contribution in [3.8, 4) is 0 Å². The number of rotatable bonds is 13.